The molecule has 1 aliphatic heterocycles. The van der Waals surface area contributed by atoms with Gasteiger partial charge in [-0.3, -0.25) is 4.99 Å². The molecule has 1 aliphatic carbocycles. The molecule has 2 fully saturated rings. The van der Waals surface area contributed by atoms with Crippen LogP contribution in [0.25, 0.3) is 0 Å². The fourth-order valence-corrected chi connectivity index (χ4v) is 2.99. The lowest BCUT2D eigenvalue weighted by molar-refractivity contribution is 0.283. The van der Waals surface area contributed by atoms with Crippen LogP contribution in [0.15, 0.2) is 4.99 Å². The SMILES string of the molecule is CC1CCC1N=C1NC(C)C(C)CS1. The molecule has 2 nitrogen and oxygen atoms in total. The van der Waals surface area contributed by atoms with Gasteiger partial charge in [0.15, 0.2) is 5.17 Å². The van der Waals surface area contributed by atoms with Gasteiger partial charge in [-0.1, -0.05) is 25.6 Å². The van der Waals surface area contributed by atoms with Gasteiger partial charge in [0.2, 0.25) is 0 Å². The lowest BCUT2D eigenvalue weighted by atomic mass is 9.82. The van der Waals surface area contributed by atoms with E-state index in [0.717, 1.165) is 11.8 Å². The first kappa shape index (κ1) is 10.3. The lowest BCUT2D eigenvalue weighted by Crippen LogP contribution is -2.42. The van der Waals surface area contributed by atoms with Crippen LogP contribution >= 0.6 is 11.8 Å². The number of aliphatic imine (C=N–C) groups is 1. The van der Waals surface area contributed by atoms with Gasteiger partial charge >= 0.3 is 0 Å². The molecule has 0 amide bonds. The Morgan fingerprint density at radius 3 is 2.50 bits per heavy atom. The lowest BCUT2D eigenvalue weighted by Gasteiger charge is -2.34. The van der Waals surface area contributed by atoms with Gasteiger partial charge in [-0.15, -0.1) is 0 Å². The second-order valence-corrected chi connectivity index (χ2v) is 5.79. The Balaban J connectivity index is 1.92. The maximum atomic E-state index is 4.78. The van der Waals surface area contributed by atoms with Crippen molar-refractivity contribution in [2.24, 2.45) is 16.8 Å². The molecule has 14 heavy (non-hydrogen) atoms. The number of hydrogen-bond acceptors (Lipinski definition) is 2. The molecular weight excluding hydrogens is 192 g/mol. The van der Waals surface area contributed by atoms with Gasteiger partial charge in [-0.05, 0) is 31.6 Å². The minimum absolute atomic E-state index is 0.588. The fraction of sp³-hybridized carbons (Fsp3) is 0.909. The molecule has 3 heteroatoms. The van der Waals surface area contributed by atoms with Gasteiger partial charge in [-0.2, -0.15) is 0 Å². The van der Waals surface area contributed by atoms with Crippen LogP contribution in [0.2, 0.25) is 0 Å². The van der Waals surface area contributed by atoms with Crippen molar-refractivity contribution in [2.75, 3.05) is 5.75 Å². The van der Waals surface area contributed by atoms with E-state index >= 15 is 0 Å². The highest BCUT2D eigenvalue weighted by Gasteiger charge is 2.28. The van der Waals surface area contributed by atoms with Crippen molar-refractivity contribution in [3.63, 3.8) is 0 Å². The van der Waals surface area contributed by atoms with Crippen molar-refractivity contribution >= 4 is 16.9 Å². The Kier molecular flexibility index (Phi) is 3.05. The molecule has 0 aromatic heterocycles. The van der Waals surface area contributed by atoms with E-state index in [1.165, 1.54) is 23.8 Å². The minimum atomic E-state index is 0.588. The summed E-state index contributed by atoms with van der Waals surface area (Å²) in [4.78, 5) is 4.78. The molecule has 1 heterocycles. The molecule has 4 unspecified atom stereocenters. The second-order valence-electron chi connectivity index (χ2n) is 4.78. The normalized spacial score (nSPS) is 45.8. The summed E-state index contributed by atoms with van der Waals surface area (Å²) in [6.45, 7) is 6.86. The van der Waals surface area contributed by atoms with Gasteiger partial charge in [0, 0.05) is 11.8 Å². The van der Waals surface area contributed by atoms with Crippen molar-refractivity contribution in [3.05, 3.63) is 0 Å². The Labute approximate surface area is 90.9 Å². The largest absolute Gasteiger partial charge is 0.362 e. The van der Waals surface area contributed by atoms with E-state index in [0.29, 0.717) is 12.1 Å². The van der Waals surface area contributed by atoms with Gasteiger partial charge in [-0.25, -0.2) is 0 Å². The third kappa shape index (κ3) is 2.08. The summed E-state index contributed by atoms with van der Waals surface area (Å²) in [6.07, 6.45) is 2.65. The molecule has 0 aromatic rings. The highest BCUT2D eigenvalue weighted by Crippen LogP contribution is 2.31. The zero-order chi connectivity index (χ0) is 10.1. The predicted molar refractivity (Wildman–Crippen MR) is 63.8 cm³/mol. The first-order valence-corrected chi connectivity index (χ1v) is 6.62. The molecule has 1 saturated heterocycles. The maximum absolute atomic E-state index is 4.78. The summed E-state index contributed by atoms with van der Waals surface area (Å²) in [6, 6.07) is 1.19. The summed E-state index contributed by atoms with van der Waals surface area (Å²) in [5.41, 5.74) is 0. The summed E-state index contributed by atoms with van der Waals surface area (Å²) in [5, 5.41) is 4.69. The van der Waals surface area contributed by atoms with Crippen LogP contribution in [-0.2, 0) is 0 Å². The van der Waals surface area contributed by atoms with Crippen LogP contribution in [0.1, 0.15) is 33.6 Å². The van der Waals surface area contributed by atoms with E-state index in [1.54, 1.807) is 0 Å². The molecule has 0 radical (unpaired) electrons. The molecule has 0 aromatic carbocycles. The Morgan fingerprint density at radius 1 is 1.21 bits per heavy atom. The molecule has 2 rings (SSSR count). The molecule has 1 N–H and O–H groups in total. The van der Waals surface area contributed by atoms with Gasteiger partial charge in [0.05, 0.1) is 6.04 Å². The Hall–Kier alpha value is -0.180. The molecule has 2 aliphatic rings. The van der Waals surface area contributed by atoms with Crippen molar-refractivity contribution < 1.29 is 0 Å². The third-order valence-electron chi connectivity index (χ3n) is 3.55. The van der Waals surface area contributed by atoms with Crippen LogP contribution in [0.3, 0.4) is 0 Å². The summed E-state index contributed by atoms with van der Waals surface area (Å²) in [7, 11) is 0. The van der Waals surface area contributed by atoms with Crippen LogP contribution in [0.5, 0.6) is 0 Å². The smallest absolute Gasteiger partial charge is 0.157 e. The first-order chi connectivity index (χ1) is 6.66. The first-order valence-electron chi connectivity index (χ1n) is 5.64. The van der Waals surface area contributed by atoms with Crippen LogP contribution in [0.4, 0.5) is 0 Å². The van der Waals surface area contributed by atoms with E-state index < -0.39 is 0 Å². The van der Waals surface area contributed by atoms with Crippen LogP contribution in [0, 0.1) is 11.8 Å². The van der Waals surface area contributed by atoms with E-state index in [4.69, 9.17) is 4.99 Å². The van der Waals surface area contributed by atoms with Gasteiger partial charge < -0.3 is 5.32 Å². The maximum Gasteiger partial charge on any atom is 0.157 e. The van der Waals surface area contributed by atoms with Crippen molar-refractivity contribution in [2.45, 2.75) is 45.7 Å². The summed E-state index contributed by atoms with van der Waals surface area (Å²) in [5.74, 6) is 2.78. The monoisotopic (exact) mass is 212 g/mol. The molecule has 0 spiro atoms. The van der Waals surface area contributed by atoms with Crippen molar-refractivity contribution in [1.29, 1.82) is 0 Å². The zero-order valence-electron chi connectivity index (χ0n) is 9.29. The molecule has 0 bridgehead atoms. The van der Waals surface area contributed by atoms with E-state index in [9.17, 15) is 0 Å². The Morgan fingerprint density at radius 2 is 2.00 bits per heavy atom. The highest BCUT2D eigenvalue weighted by molar-refractivity contribution is 8.13. The quantitative estimate of drug-likeness (QED) is 0.722. The van der Waals surface area contributed by atoms with E-state index in [-0.39, 0.29) is 0 Å². The molecule has 1 saturated carbocycles. The highest BCUT2D eigenvalue weighted by atomic mass is 32.2. The topological polar surface area (TPSA) is 24.4 Å². The Bertz CT molecular complexity index is 239. The standard InChI is InChI=1S/C11H20N2S/c1-7-4-5-10(7)13-11-12-9(3)8(2)6-14-11/h7-10H,4-6H2,1-3H3,(H,12,13). The average Bonchev–Trinajstić information content (AvgIpc) is 2.17. The molecule has 4 atom stereocenters. The van der Waals surface area contributed by atoms with Crippen LogP contribution in [-0.4, -0.2) is 23.0 Å². The second kappa shape index (κ2) is 4.13. The molecule has 80 valence electrons. The zero-order valence-corrected chi connectivity index (χ0v) is 10.1. The van der Waals surface area contributed by atoms with Crippen molar-refractivity contribution in [1.82, 2.24) is 5.32 Å². The number of amidine groups is 1. The summed E-state index contributed by atoms with van der Waals surface area (Å²) < 4.78 is 0. The number of rotatable bonds is 1. The fourth-order valence-electron chi connectivity index (χ4n) is 1.80. The van der Waals surface area contributed by atoms with E-state index in [2.05, 4.69) is 26.1 Å². The van der Waals surface area contributed by atoms with Crippen molar-refractivity contribution in [3.8, 4) is 0 Å². The third-order valence-corrected chi connectivity index (χ3v) is 4.73. The average molecular weight is 212 g/mol. The number of nitrogens with one attached hydrogen (secondary N) is 1. The minimum Gasteiger partial charge on any atom is -0.362 e. The number of thioether (sulfide) groups is 1. The van der Waals surface area contributed by atoms with Gasteiger partial charge in [0.25, 0.3) is 0 Å². The number of hydrogen-bond donors (Lipinski definition) is 1. The molecular formula is C11H20N2S. The van der Waals surface area contributed by atoms with Gasteiger partial charge in [0.1, 0.15) is 0 Å². The predicted octanol–water partition coefficient (Wildman–Crippen LogP) is 2.50. The van der Waals surface area contributed by atoms with Crippen LogP contribution < -0.4 is 5.32 Å². The number of nitrogens with zero attached hydrogens (tertiary/aromatic N) is 1. The summed E-state index contributed by atoms with van der Waals surface area (Å²) >= 11 is 1.89. The van der Waals surface area contributed by atoms with E-state index in [1.807, 2.05) is 11.8 Å².